The summed E-state index contributed by atoms with van der Waals surface area (Å²) in [6, 6.07) is 19.9. The molecule has 1 heterocycles. The van der Waals surface area contributed by atoms with Gasteiger partial charge in [0.15, 0.2) is 0 Å². The Balaban J connectivity index is 2.10. The van der Waals surface area contributed by atoms with Crippen molar-refractivity contribution in [3.8, 4) is 22.3 Å². The van der Waals surface area contributed by atoms with E-state index >= 15 is 0 Å². The highest BCUT2D eigenvalue weighted by molar-refractivity contribution is 7.00. The third-order valence-electron chi connectivity index (χ3n) is 3.92. The molecule has 4 aromatic rings. The van der Waals surface area contributed by atoms with Gasteiger partial charge in [-0.15, -0.1) is 0 Å². The molecule has 4 nitrogen and oxygen atoms in total. The van der Waals surface area contributed by atoms with Crippen LogP contribution in [0, 0.1) is 0 Å². The van der Waals surface area contributed by atoms with Crippen LogP contribution in [0.15, 0.2) is 60.7 Å². The number of nitrogen functional groups attached to an aromatic ring is 2. The van der Waals surface area contributed by atoms with Crippen LogP contribution >= 0.6 is 11.7 Å². The summed E-state index contributed by atoms with van der Waals surface area (Å²) in [6.45, 7) is 0. The van der Waals surface area contributed by atoms with Crippen molar-refractivity contribution in [3.05, 3.63) is 60.7 Å². The van der Waals surface area contributed by atoms with Crippen molar-refractivity contribution >= 4 is 34.1 Å². The van der Waals surface area contributed by atoms with Gasteiger partial charge in [-0.2, -0.15) is 8.75 Å². The lowest BCUT2D eigenvalue weighted by atomic mass is 9.94. The van der Waals surface area contributed by atoms with Gasteiger partial charge >= 0.3 is 0 Å². The van der Waals surface area contributed by atoms with E-state index in [4.69, 9.17) is 11.5 Å². The van der Waals surface area contributed by atoms with Gasteiger partial charge in [0.05, 0.1) is 23.1 Å². The minimum Gasteiger partial charge on any atom is -0.396 e. The Bertz CT molecular complexity index is 899. The van der Waals surface area contributed by atoms with Crippen LogP contribution in [0.4, 0.5) is 11.4 Å². The fourth-order valence-electron chi connectivity index (χ4n) is 2.84. The van der Waals surface area contributed by atoms with E-state index in [1.54, 1.807) is 0 Å². The lowest BCUT2D eigenvalue weighted by molar-refractivity contribution is 1.57. The quantitative estimate of drug-likeness (QED) is 0.543. The maximum absolute atomic E-state index is 6.39. The van der Waals surface area contributed by atoms with Gasteiger partial charge in [-0.25, -0.2) is 0 Å². The first-order valence-corrected chi connectivity index (χ1v) is 7.94. The summed E-state index contributed by atoms with van der Waals surface area (Å²) in [6.07, 6.45) is 0. The van der Waals surface area contributed by atoms with Crippen LogP contribution in [-0.4, -0.2) is 8.75 Å². The first kappa shape index (κ1) is 13.7. The summed E-state index contributed by atoms with van der Waals surface area (Å²) < 4.78 is 8.96. The zero-order chi connectivity index (χ0) is 15.8. The molecule has 0 bridgehead atoms. The molecule has 0 atom stereocenters. The molecule has 0 amide bonds. The van der Waals surface area contributed by atoms with Crippen LogP contribution in [-0.2, 0) is 0 Å². The molecule has 0 spiro atoms. The Kier molecular flexibility index (Phi) is 3.20. The molecule has 112 valence electrons. The SMILES string of the molecule is Nc1c(N)c(-c2ccccc2)c2nsnc2c1-c1ccccc1. The molecule has 0 saturated heterocycles. The van der Waals surface area contributed by atoms with Gasteiger partial charge in [0.2, 0.25) is 0 Å². The molecular formula is C18H14N4S. The van der Waals surface area contributed by atoms with Crippen LogP contribution in [0.3, 0.4) is 0 Å². The van der Waals surface area contributed by atoms with Gasteiger partial charge in [0.25, 0.3) is 0 Å². The van der Waals surface area contributed by atoms with Crippen molar-refractivity contribution in [1.82, 2.24) is 8.75 Å². The molecule has 0 aliphatic rings. The van der Waals surface area contributed by atoms with E-state index in [2.05, 4.69) is 8.75 Å². The van der Waals surface area contributed by atoms with E-state index < -0.39 is 0 Å². The molecule has 0 unspecified atom stereocenters. The van der Waals surface area contributed by atoms with Crippen molar-refractivity contribution in [3.63, 3.8) is 0 Å². The van der Waals surface area contributed by atoms with Gasteiger partial charge in [0.1, 0.15) is 11.0 Å². The Morgan fingerprint density at radius 1 is 0.609 bits per heavy atom. The average molecular weight is 318 g/mol. The van der Waals surface area contributed by atoms with Gasteiger partial charge in [-0.05, 0) is 11.1 Å². The summed E-state index contributed by atoms with van der Waals surface area (Å²) >= 11 is 1.18. The van der Waals surface area contributed by atoms with Gasteiger partial charge in [-0.1, -0.05) is 60.7 Å². The first-order chi connectivity index (χ1) is 11.3. The topological polar surface area (TPSA) is 77.8 Å². The van der Waals surface area contributed by atoms with E-state index in [1.165, 1.54) is 11.7 Å². The average Bonchev–Trinajstić information content (AvgIpc) is 3.06. The third kappa shape index (κ3) is 2.13. The number of nitrogens with zero attached hydrogens (tertiary/aromatic N) is 2. The standard InChI is InChI=1S/C18H14N4S/c19-15-13(11-7-3-1-4-8-11)17-18(22-23-21-17)14(16(15)20)12-9-5-2-6-10-12/h1-10H,19-20H2. The molecule has 4 N–H and O–H groups in total. The Morgan fingerprint density at radius 2 is 1.00 bits per heavy atom. The predicted molar refractivity (Wildman–Crippen MR) is 97.1 cm³/mol. The predicted octanol–water partition coefficient (Wildman–Crippen LogP) is 4.19. The van der Waals surface area contributed by atoms with E-state index in [9.17, 15) is 0 Å². The lowest BCUT2D eigenvalue weighted by Gasteiger charge is -2.14. The van der Waals surface area contributed by atoms with Crippen molar-refractivity contribution in [2.75, 3.05) is 11.5 Å². The Labute approximate surface area is 137 Å². The number of aromatic nitrogens is 2. The smallest absolute Gasteiger partial charge is 0.115 e. The molecule has 23 heavy (non-hydrogen) atoms. The second-order valence-corrected chi connectivity index (χ2v) is 5.80. The fourth-order valence-corrected chi connectivity index (χ4v) is 3.39. The molecule has 0 radical (unpaired) electrons. The minimum absolute atomic E-state index is 0.551. The number of hydrogen-bond acceptors (Lipinski definition) is 5. The fraction of sp³-hybridized carbons (Fsp3) is 0. The van der Waals surface area contributed by atoms with Crippen LogP contribution in [0.25, 0.3) is 33.3 Å². The van der Waals surface area contributed by atoms with E-state index in [1.807, 2.05) is 60.7 Å². The highest BCUT2D eigenvalue weighted by atomic mass is 32.1. The third-order valence-corrected chi connectivity index (χ3v) is 4.44. The Morgan fingerprint density at radius 3 is 1.39 bits per heavy atom. The summed E-state index contributed by atoms with van der Waals surface area (Å²) in [5, 5.41) is 0. The molecule has 0 saturated carbocycles. The summed E-state index contributed by atoms with van der Waals surface area (Å²) in [5.41, 5.74) is 19.2. The zero-order valence-corrected chi connectivity index (χ0v) is 13.0. The van der Waals surface area contributed by atoms with Gasteiger partial charge in [-0.3, -0.25) is 0 Å². The largest absolute Gasteiger partial charge is 0.396 e. The maximum atomic E-state index is 6.39. The number of anilines is 2. The molecule has 0 aliphatic carbocycles. The number of fused-ring (bicyclic) bond motifs is 1. The molecule has 4 rings (SSSR count). The van der Waals surface area contributed by atoms with Crippen LogP contribution < -0.4 is 11.5 Å². The van der Waals surface area contributed by atoms with Crippen LogP contribution in [0.5, 0.6) is 0 Å². The zero-order valence-electron chi connectivity index (χ0n) is 12.2. The maximum Gasteiger partial charge on any atom is 0.115 e. The summed E-state index contributed by atoms with van der Waals surface area (Å²) in [7, 11) is 0. The van der Waals surface area contributed by atoms with E-state index in [-0.39, 0.29) is 0 Å². The van der Waals surface area contributed by atoms with Crippen molar-refractivity contribution < 1.29 is 0 Å². The monoisotopic (exact) mass is 318 g/mol. The first-order valence-electron chi connectivity index (χ1n) is 7.21. The molecule has 5 heteroatoms. The summed E-state index contributed by atoms with van der Waals surface area (Å²) in [5.74, 6) is 0. The molecule has 0 fully saturated rings. The molecule has 0 aliphatic heterocycles. The van der Waals surface area contributed by atoms with Gasteiger partial charge < -0.3 is 11.5 Å². The lowest BCUT2D eigenvalue weighted by Crippen LogP contribution is -2.01. The van der Waals surface area contributed by atoms with Crippen LogP contribution in [0.2, 0.25) is 0 Å². The Hall–Kier alpha value is -2.92. The second kappa shape index (κ2) is 5.37. The second-order valence-electron chi connectivity index (χ2n) is 5.27. The van der Waals surface area contributed by atoms with Crippen molar-refractivity contribution in [2.24, 2.45) is 0 Å². The van der Waals surface area contributed by atoms with Crippen LogP contribution in [0.1, 0.15) is 0 Å². The normalized spacial score (nSPS) is 11.0. The summed E-state index contributed by atoms with van der Waals surface area (Å²) in [4.78, 5) is 0. The van der Waals surface area contributed by atoms with Crippen molar-refractivity contribution in [1.29, 1.82) is 0 Å². The molecule has 3 aromatic carbocycles. The van der Waals surface area contributed by atoms with E-state index in [0.717, 1.165) is 33.3 Å². The van der Waals surface area contributed by atoms with E-state index in [0.29, 0.717) is 11.4 Å². The number of nitrogens with two attached hydrogens (primary N) is 2. The molecular weight excluding hydrogens is 304 g/mol. The van der Waals surface area contributed by atoms with Gasteiger partial charge in [0, 0.05) is 11.1 Å². The minimum atomic E-state index is 0.551. The van der Waals surface area contributed by atoms with Crippen molar-refractivity contribution in [2.45, 2.75) is 0 Å². The number of benzene rings is 3. The molecule has 1 aromatic heterocycles. The number of rotatable bonds is 2. The highest BCUT2D eigenvalue weighted by Crippen LogP contribution is 2.44. The number of hydrogen-bond donors (Lipinski definition) is 2. The highest BCUT2D eigenvalue weighted by Gasteiger charge is 2.20.